The van der Waals surface area contributed by atoms with Crippen molar-refractivity contribution < 1.29 is 9.13 Å². The molecule has 8 heteroatoms. The lowest BCUT2D eigenvalue weighted by Gasteiger charge is -2.36. The lowest BCUT2D eigenvalue weighted by atomic mass is 10.2. The number of guanidine groups is 1. The van der Waals surface area contributed by atoms with E-state index >= 15 is 0 Å². The average molecular weight is 420 g/mol. The monoisotopic (exact) mass is 419 g/mol. The van der Waals surface area contributed by atoms with Crippen molar-refractivity contribution in [1.82, 2.24) is 20.1 Å². The first kappa shape index (κ1) is 21.5. The second-order valence-corrected chi connectivity index (χ2v) is 8.43. The number of halogens is 1. The zero-order valence-electron chi connectivity index (χ0n) is 17.7. The summed E-state index contributed by atoms with van der Waals surface area (Å²) in [5.74, 6) is 0.934. The topological polar surface area (TPSA) is 53.0 Å². The van der Waals surface area contributed by atoms with Gasteiger partial charge in [-0.25, -0.2) is 14.4 Å². The molecule has 1 saturated heterocycles. The Morgan fingerprint density at radius 2 is 2.03 bits per heavy atom. The number of hydrogen-bond donors (Lipinski definition) is 1. The largest absolute Gasteiger partial charge is 0.494 e. The van der Waals surface area contributed by atoms with Crippen molar-refractivity contribution in [3.05, 3.63) is 45.2 Å². The number of thiazole rings is 1. The molecule has 0 unspecified atom stereocenters. The maximum Gasteiger partial charge on any atom is 0.194 e. The fourth-order valence-corrected chi connectivity index (χ4v) is 4.34. The van der Waals surface area contributed by atoms with Gasteiger partial charge in [-0.3, -0.25) is 4.90 Å². The normalized spacial score (nSPS) is 15.6. The zero-order valence-corrected chi connectivity index (χ0v) is 18.5. The molecule has 0 amide bonds. The number of rotatable bonds is 6. The molecule has 1 fully saturated rings. The summed E-state index contributed by atoms with van der Waals surface area (Å²) in [6, 6.07) is 5.19. The molecule has 29 heavy (non-hydrogen) atoms. The van der Waals surface area contributed by atoms with Gasteiger partial charge in [-0.1, -0.05) is 6.07 Å². The van der Waals surface area contributed by atoms with Gasteiger partial charge in [0.15, 0.2) is 17.5 Å². The molecule has 0 bridgehead atoms. The van der Waals surface area contributed by atoms with E-state index in [9.17, 15) is 4.39 Å². The lowest BCUT2D eigenvalue weighted by Crippen LogP contribution is -2.52. The fourth-order valence-electron chi connectivity index (χ4n) is 3.48. The number of aromatic nitrogens is 1. The number of nitrogens with zero attached hydrogens (tertiary/aromatic N) is 4. The number of aliphatic imine (C=N–C) groups is 1. The Labute approximate surface area is 176 Å². The summed E-state index contributed by atoms with van der Waals surface area (Å²) in [6.45, 7) is 12.0. The van der Waals surface area contributed by atoms with Crippen molar-refractivity contribution in [2.75, 3.05) is 39.8 Å². The van der Waals surface area contributed by atoms with Crippen LogP contribution in [0.15, 0.2) is 23.2 Å². The van der Waals surface area contributed by atoms with Crippen molar-refractivity contribution in [2.45, 2.75) is 33.9 Å². The molecule has 3 rings (SSSR count). The molecule has 0 aliphatic carbocycles. The van der Waals surface area contributed by atoms with Crippen LogP contribution in [0, 0.1) is 19.7 Å². The fraction of sp³-hybridized carbons (Fsp3) is 0.524. The van der Waals surface area contributed by atoms with Gasteiger partial charge in [0.2, 0.25) is 0 Å². The average Bonchev–Trinajstić information content (AvgIpc) is 3.03. The minimum Gasteiger partial charge on any atom is -0.494 e. The number of benzene rings is 1. The third kappa shape index (κ3) is 5.67. The maximum atomic E-state index is 13.9. The maximum absolute atomic E-state index is 13.9. The van der Waals surface area contributed by atoms with Crippen LogP contribution < -0.4 is 10.1 Å². The predicted molar refractivity (Wildman–Crippen MR) is 116 cm³/mol. The van der Waals surface area contributed by atoms with Crippen LogP contribution in [0.4, 0.5) is 4.39 Å². The summed E-state index contributed by atoms with van der Waals surface area (Å²) in [5.41, 5.74) is 2.04. The van der Waals surface area contributed by atoms with E-state index in [4.69, 9.17) is 9.73 Å². The molecule has 1 N–H and O–H groups in total. The Morgan fingerprint density at radius 1 is 1.28 bits per heavy atom. The molecule has 6 nitrogen and oxygen atoms in total. The molecular formula is C21H30FN5OS. The smallest absolute Gasteiger partial charge is 0.194 e. The molecule has 0 atom stereocenters. The quantitative estimate of drug-likeness (QED) is 0.576. The van der Waals surface area contributed by atoms with Gasteiger partial charge in [-0.05, 0) is 38.5 Å². The highest BCUT2D eigenvalue weighted by molar-refractivity contribution is 7.11. The van der Waals surface area contributed by atoms with Crippen molar-refractivity contribution in [2.24, 2.45) is 4.99 Å². The van der Waals surface area contributed by atoms with E-state index in [-0.39, 0.29) is 11.6 Å². The molecule has 1 aliphatic heterocycles. The lowest BCUT2D eigenvalue weighted by molar-refractivity contribution is 0.172. The number of piperazine rings is 1. The number of methoxy groups -OCH3 is 1. The molecule has 158 valence electrons. The third-order valence-electron chi connectivity index (χ3n) is 5.00. The molecule has 1 aliphatic rings. The molecule has 0 radical (unpaired) electrons. The van der Waals surface area contributed by atoms with E-state index in [1.54, 1.807) is 23.5 Å². The third-order valence-corrected chi connectivity index (χ3v) is 6.06. The number of ether oxygens (including phenoxy) is 1. The van der Waals surface area contributed by atoms with Crippen LogP contribution in [0.1, 0.15) is 28.1 Å². The van der Waals surface area contributed by atoms with Crippen LogP contribution in [0.5, 0.6) is 5.75 Å². The van der Waals surface area contributed by atoms with Crippen molar-refractivity contribution in [3.8, 4) is 5.75 Å². The Kier molecular flexibility index (Phi) is 7.44. The van der Waals surface area contributed by atoms with Crippen LogP contribution in [0.3, 0.4) is 0 Å². The molecule has 2 aromatic rings. The van der Waals surface area contributed by atoms with Crippen LogP contribution in [0.25, 0.3) is 0 Å². The van der Waals surface area contributed by atoms with Crippen LogP contribution in [-0.2, 0) is 13.1 Å². The number of aryl methyl sites for hydroxylation is 2. The van der Waals surface area contributed by atoms with Gasteiger partial charge in [-0.2, -0.15) is 0 Å². The van der Waals surface area contributed by atoms with Gasteiger partial charge < -0.3 is 15.0 Å². The molecule has 0 spiro atoms. The second kappa shape index (κ2) is 10.0. The number of nitrogens with one attached hydrogen (secondary N) is 1. The molecule has 2 heterocycles. The highest BCUT2D eigenvalue weighted by Gasteiger charge is 2.20. The van der Waals surface area contributed by atoms with Gasteiger partial charge in [0.1, 0.15) is 0 Å². The van der Waals surface area contributed by atoms with E-state index in [1.165, 1.54) is 12.0 Å². The summed E-state index contributed by atoms with van der Waals surface area (Å²) >= 11 is 1.71. The summed E-state index contributed by atoms with van der Waals surface area (Å²) in [4.78, 5) is 15.2. The van der Waals surface area contributed by atoms with Crippen molar-refractivity contribution in [3.63, 3.8) is 0 Å². The predicted octanol–water partition coefficient (Wildman–Crippen LogP) is 3.19. The van der Waals surface area contributed by atoms with Crippen LogP contribution >= 0.6 is 11.3 Å². The summed E-state index contributed by atoms with van der Waals surface area (Å²) in [5, 5.41) is 4.50. The van der Waals surface area contributed by atoms with Crippen molar-refractivity contribution >= 4 is 17.3 Å². The zero-order chi connectivity index (χ0) is 20.8. The van der Waals surface area contributed by atoms with Gasteiger partial charge in [0.05, 0.1) is 24.4 Å². The molecule has 1 aromatic heterocycles. The van der Waals surface area contributed by atoms with Crippen LogP contribution in [0.2, 0.25) is 0 Å². The van der Waals surface area contributed by atoms with E-state index in [2.05, 4.69) is 27.0 Å². The van der Waals surface area contributed by atoms with Crippen LogP contribution in [-0.4, -0.2) is 60.6 Å². The van der Waals surface area contributed by atoms with Gasteiger partial charge in [-0.15, -0.1) is 11.3 Å². The number of hydrogen-bond acceptors (Lipinski definition) is 5. The van der Waals surface area contributed by atoms with E-state index in [0.717, 1.165) is 61.5 Å². The first-order valence-electron chi connectivity index (χ1n) is 10.0. The Hall–Kier alpha value is -2.19. The van der Waals surface area contributed by atoms with Gasteiger partial charge >= 0.3 is 0 Å². The Morgan fingerprint density at radius 3 is 2.62 bits per heavy atom. The molecule has 0 saturated carbocycles. The van der Waals surface area contributed by atoms with Crippen molar-refractivity contribution in [1.29, 1.82) is 0 Å². The standard InChI is InChI=1S/C21H30FN5OS/c1-5-23-21(24-13-20-15(2)25-16(3)29-20)27-10-8-26(9-11-27)14-17-6-7-19(28-4)18(22)12-17/h6-7,12H,5,8-11,13-14H2,1-4H3,(H,23,24). The van der Waals surface area contributed by atoms with Gasteiger partial charge in [0.25, 0.3) is 0 Å². The Balaban J connectivity index is 1.57. The van der Waals surface area contributed by atoms with Gasteiger partial charge in [0, 0.05) is 44.1 Å². The minimum absolute atomic E-state index is 0.288. The second-order valence-electron chi connectivity index (χ2n) is 7.14. The van der Waals surface area contributed by atoms with E-state index in [1.807, 2.05) is 19.9 Å². The molecule has 1 aromatic carbocycles. The van der Waals surface area contributed by atoms with E-state index in [0.29, 0.717) is 6.54 Å². The van der Waals surface area contributed by atoms with E-state index < -0.39 is 0 Å². The summed E-state index contributed by atoms with van der Waals surface area (Å²) in [7, 11) is 1.48. The first-order chi connectivity index (χ1) is 14.0. The molecular weight excluding hydrogens is 389 g/mol. The first-order valence-corrected chi connectivity index (χ1v) is 10.8. The highest BCUT2D eigenvalue weighted by atomic mass is 32.1. The SMILES string of the molecule is CCNC(=NCc1sc(C)nc1C)N1CCN(Cc2ccc(OC)c(F)c2)CC1. The summed E-state index contributed by atoms with van der Waals surface area (Å²) < 4.78 is 18.9. The highest BCUT2D eigenvalue weighted by Crippen LogP contribution is 2.20. The Bertz CT molecular complexity index is 846. The summed E-state index contributed by atoms with van der Waals surface area (Å²) in [6.07, 6.45) is 0. The minimum atomic E-state index is -0.307.